The van der Waals surface area contributed by atoms with Gasteiger partial charge in [-0.05, 0) is 54.1 Å². The molecule has 9 nitrogen and oxygen atoms in total. The Kier molecular flexibility index (Phi) is 5.98. The van der Waals surface area contributed by atoms with Gasteiger partial charge in [-0.25, -0.2) is 12.8 Å². The van der Waals surface area contributed by atoms with Crippen LogP contribution in [-0.4, -0.2) is 24.8 Å². The van der Waals surface area contributed by atoms with E-state index in [0.717, 1.165) is 6.26 Å². The Morgan fingerprint density at radius 3 is 2.44 bits per heavy atom. The van der Waals surface area contributed by atoms with E-state index in [1.54, 1.807) is 42.5 Å². The van der Waals surface area contributed by atoms with Gasteiger partial charge in [-0.2, -0.15) is 4.98 Å². The zero-order valence-electron chi connectivity index (χ0n) is 18.8. The van der Waals surface area contributed by atoms with Crippen molar-refractivity contribution >= 4 is 26.7 Å². The first-order valence-corrected chi connectivity index (χ1v) is 12.5. The number of sulfonamides is 1. The van der Waals surface area contributed by atoms with Crippen LogP contribution in [-0.2, 0) is 16.6 Å². The Balaban J connectivity index is 1.32. The molecule has 5 rings (SSSR count). The Labute approximate surface area is 204 Å². The van der Waals surface area contributed by atoms with Gasteiger partial charge in [0.1, 0.15) is 23.4 Å². The number of benzene rings is 3. The van der Waals surface area contributed by atoms with Crippen molar-refractivity contribution in [1.82, 2.24) is 10.1 Å². The van der Waals surface area contributed by atoms with E-state index in [-0.39, 0.29) is 23.7 Å². The monoisotopic (exact) mass is 507 g/mol. The number of fused-ring (bicyclic) bond motifs is 1. The number of halogens is 1. The first kappa shape index (κ1) is 23.2. The number of ether oxygens (including phenoxy) is 1. The van der Waals surface area contributed by atoms with Gasteiger partial charge in [-0.3, -0.25) is 9.52 Å². The molecule has 0 amide bonds. The molecular formula is C25H18FN3O6S. The van der Waals surface area contributed by atoms with Crippen molar-refractivity contribution in [2.45, 2.75) is 6.61 Å². The lowest BCUT2D eigenvalue weighted by Crippen LogP contribution is -2.09. The number of hydrogen-bond acceptors (Lipinski definition) is 8. The third-order valence-corrected chi connectivity index (χ3v) is 5.78. The second kappa shape index (κ2) is 9.27. The summed E-state index contributed by atoms with van der Waals surface area (Å²) in [6, 6.07) is 16.9. The highest BCUT2D eigenvalue weighted by molar-refractivity contribution is 7.92. The molecule has 0 bridgehead atoms. The highest BCUT2D eigenvalue weighted by Gasteiger charge is 2.13. The largest absolute Gasteiger partial charge is 0.485 e. The third-order valence-electron chi connectivity index (χ3n) is 5.17. The Bertz CT molecular complexity index is 1710. The van der Waals surface area contributed by atoms with Crippen LogP contribution < -0.4 is 14.9 Å². The lowest BCUT2D eigenvalue weighted by atomic mass is 10.1. The summed E-state index contributed by atoms with van der Waals surface area (Å²) in [6.07, 6.45) is 2.41. The van der Waals surface area contributed by atoms with E-state index in [1.807, 2.05) is 0 Å². The van der Waals surface area contributed by atoms with Gasteiger partial charge in [0.2, 0.25) is 15.8 Å². The summed E-state index contributed by atoms with van der Waals surface area (Å²) < 4.78 is 54.8. The van der Waals surface area contributed by atoms with E-state index < -0.39 is 10.0 Å². The Hall–Kier alpha value is -4.51. The molecule has 5 aromatic rings. The van der Waals surface area contributed by atoms with Crippen LogP contribution in [0.2, 0.25) is 0 Å². The van der Waals surface area contributed by atoms with Gasteiger partial charge in [0.05, 0.1) is 17.2 Å². The second-order valence-corrected chi connectivity index (χ2v) is 9.65. The topological polar surface area (TPSA) is 125 Å². The second-order valence-electron chi connectivity index (χ2n) is 7.90. The molecule has 0 fully saturated rings. The maximum Gasteiger partial charge on any atom is 0.258 e. The van der Waals surface area contributed by atoms with Crippen LogP contribution in [0.5, 0.6) is 5.75 Å². The van der Waals surface area contributed by atoms with Crippen LogP contribution in [0.1, 0.15) is 5.82 Å². The van der Waals surface area contributed by atoms with Crippen LogP contribution in [0.3, 0.4) is 0 Å². The first-order valence-electron chi connectivity index (χ1n) is 10.6. The normalized spacial score (nSPS) is 11.5. The number of aromatic nitrogens is 2. The minimum atomic E-state index is -3.40. The van der Waals surface area contributed by atoms with Crippen molar-refractivity contribution in [2.75, 3.05) is 11.0 Å². The van der Waals surface area contributed by atoms with Crippen LogP contribution in [0.25, 0.3) is 33.6 Å². The lowest BCUT2D eigenvalue weighted by Gasteiger charge is -2.07. The van der Waals surface area contributed by atoms with Gasteiger partial charge >= 0.3 is 0 Å². The molecule has 2 aromatic heterocycles. The average Bonchev–Trinajstić information content (AvgIpc) is 3.32. The van der Waals surface area contributed by atoms with Gasteiger partial charge < -0.3 is 13.7 Å². The maximum absolute atomic E-state index is 13.1. The van der Waals surface area contributed by atoms with Crippen LogP contribution in [0.15, 0.2) is 86.7 Å². The van der Waals surface area contributed by atoms with E-state index in [0.29, 0.717) is 44.9 Å². The van der Waals surface area contributed by atoms with E-state index >= 15 is 0 Å². The van der Waals surface area contributed by atoms with Crippen molar-refractivity contribution in [3.8, 4) is 28.3 Å². The molecule has 11 heteroatoms. The molecule has 0 aliphatic rings. The van der Waals surface area contributed by atoms with E-state index in [9.17, 15) is 17.6 Å². The van der Waals surface area contributed by atoms with Crippen LogP contribution >= 0.6 is 0 Å². The predicted molar refractivity (Wildman–Crippen MR) is 130 cm³/mol. The summed E-state index contributed by atoms with van der Waals surface area (Å²) in [4.78, 5) is 17.3. The van der Waals surface area contributed by atoms with Crippen LogP contribution in [0, 0.1) is 5.82 Å². The van der Waals surface area contributed by atoms with E-state index in [4.69, 9.17) is 13.7 Å². The molecule has 2 heterocycles. The fraction of sp³-hybridized carbons (Fsp3) is 0.0800. The number of rotatable bonds is 7. The van der Waals surface area contributed by atoms with Crippen LogP contribution in [0.4, 0.5) is 10.1 Å². The molecule has 0 saturated carbocycles. The van der Waals surface area contributed by atoms with Gasteiger partial charge in [0, 0.05) is 17.3 Å². The summed E-state index contributed by atoms with van der Waals surface area (Å²) in [5.74, 6) is 0.602. The minimum absolute atomic E-state index is 0.00633. The van der Waals surface area contributed by atoms with Gasteiger partial charge in [-0.1, -0.05) is 17.3 Å². The first-order chi connectivity index (χ1) is 17.2. The minimum Gasteiger partial charge on any atom is -0.485 e. The molecule has 0 radical (unpaired) electrons. The summed E-state index contributed by atoms with van der Waals surface area (Å²) in [5, 5.41) is 4.22. The summed E-state index contributed by atoms with van der Waals surface area (Å²) >= 11 is 0. The van der Waals surface area contributed by atoms with E-state index in [2.05, 4.69) is 14.9 Å². The highest BCUT2D eigenvalue weighted by atomic mass is 32.2. The Morgan fingerprint density at radius 1 is 1.00 bits per heavy atom. The smallest absolute Gasteiger partial charge is 0.258 e. The SMILES string of the molecule is CS(=O)(=O)Nc1ccc(-c2coc3cc(OCc4noc(-c5ccc(F)cc5)n4)ccc3c2=O)cc1. The molecule has 0 unspecified atom stereocenters. The van der Waals surface area contributed by atoms with Crippen molar-refractivity contribution in [1.29, 1.82) is 0 Å². The molecule has 36 heavy (non-hydrogen) atoms. The third kappa shape index (κ3) is 5.10. The predicted octanol–water partition coefficient (Wildman–Crippen LogP) is 4.60. The van der Waals surface area contributed by atoms with Gasteiger partial charge in [0.25, 0.3) is 5.89 Å². The summed E-state index contributed by atoms with van der Waals surface area (Å²) in [5.41, 5.74) is 1.98. The molecule has 0 spiro atoms. The number of nitrogens with one attached hydrogen (secondary N) is 1. The highest BCUT2D eigenvalue weighted by Crippen LogP contribution is 2.25. The lowest BCUT2D eigenvalue weighted by molar-refractivity contribution is 0.287. The van der Waals surface area contributed by atoms with Gasteiger partial charge in [0.15, 0.2) is 12.0 Å². The molecule has 0 saturated heterocycles. The fourth-order valence-electron chi connectivity index (χ4n) is 3.50. The molecule has 182 valence electrons. The molecule has 1 N–H and O–H groups in total. The van der Waals surface area contributed by atoms with Crippen molar-refractivity contribution in [3.63, 3.8) is 0 Å². The Morgan fingerprint density at radius 2 is 1.72 bits per heavy atom. The summed E-state index contributed by atoms with van der Waals surface area (Å²) in [7, 11) is -3.40. The van der Waals surface area contributed by atoms with Crippen molar-refractivity contribution in [2.24, 2.45) is 0 Å². The zero-order valence-corrected chi connectivity index (χ0v) is 19.6. The van der Waals surface area contributed by atoms with E-state index in [1.165, 1.54) is 30.5 Å². The van der Waals surface area contributed by atoms with Crippen molar-refractivity contribution < 1.29 is 26.5 Å². The molecular weight excluding hydrogens is 489 g/mol. The van der Waals surface area contributed by atoms with Gasteiger partial charge in [-0.15, -0.1) is 0 Å². The fourth-order valence-corrected chi connectivity index (χ4v) is 4.06. The summed E-state index contributed by atoms with van der Waals surface area (Å²) in [6.45, 7) is 0.00633. The molecule has 3 aromatic carbocycles. The number of anilines is 1. The standard InChI is InChI=1S/C25H18FN3O6S/c1-36(31,32)29-18-8-4-15(5-9-18)21-13-34-22-12-19(10-11-20(22)24(21)30)33-14-23-27-25(35-28-23)16-2-6-17(26)7-3-16/h2-13,29H,14H2,1H3. The quantitative estimate of drug-likeness (QED) is 0.339. The molecule has 0 aliphatic heterocycles. The van der Waals surface area contributed by atoms with Crippen molar-refractivity contribution in [3.05, 3.63) is 94.9 Å². The molecule has 0 atom stereocenters. The maximum atomic E-state index is 13.1. The number of nitrogens with zero attached hydrogens (tertiary/aromatic N) is 2. The molecule has 0 aliphatic carbocycles. The average molecular weight is 507 g/mol. The zero-order chi connectivity index (χ0) is 25.3. The number of hydrogen-bond donors (Lipinski definition) is 1.